The van der Waals surface area contributed by atoms with E-state index in [1.54, 1.807) is 11.9 Å². The quantitative estimate of drug-likeness (QED) is 0.813. The number of likely N-dealkylation sites (tertiary alicyclic amines) is 1. The molecule has 108 valence electrons. The summed E-state index contributed by atoms with van der Waals surface area (Å²) in [6, 6.07) is -0.251. The zero-order valence-electron chi connectivity index (χ0n) is 11.9. The van der Waals surface area contributed by atoms with Crippen molar-refractivity contribution in [3.8, 4) is 0 Å². The molecule has 5 heteroatoms. The highest BCUT2D eigenvalue weighted by Gasteiger charge is 2.31. The molecule has 0 aromatic heterocycles. The maximum absolute atomic E-state index is 11.9. The molecule has 0 spiro atoms. The maximum atomic E-state index is 11.9. The molecule has 0 unspecified atom stereocenters. The molecule has 1 saturated carbocycles. The summed E-state index contributed by atoms with van der Waals surface area (Å²) in [5.74, 6) is 0.753. The second kappa shape index (κ2) is 6.26. The summed E-state index contributed by atoms with van der Waals surface area (Å²) in [5.41, 5.74) is 0. The molecule has 0 aromatic rings. The van der Waals surface area contributed by atoms with Crippen LogP contribution in [-0.4, -0.2) is 42.5 Å². The van der Waals surface area contributed by atoms with Crippen molar-refractivity contribution in [2.24, 2.45) is 5.92 Å². The van der Waals surface area contributed by atoms with Gasteiger partial charge in [-0.3, -0.25) is 4.79 Å². The van der Waals surface area contributed by atoms with Crippen LogP contribution >= 0.6 is 0 Å². The Hall–Kier alpha value is -1.26. The number of rotatable bonds is 3. The summed E-state index contributed by atoms with van der Waals surface area (Å²) in [4.78, 5) is 25.3. The largest absolute Gasteiger partial charge is 0.344 e. The van der Waals surface area contributed by atoms with Gasteiger partial charge in [-0.15, -0.1) is 0 Å². The third-order valence-electron chi connectivity index (χ3n) is 4.43. The van der Waals surface area contributed by atoms with E-state index in [2.05, 4.69) is 17.6 Å². The van der Waals surface area contributed by atoms with E-state index < -0.39 is 0 Å². The van der Waals surface area contributed by atoms with E-state index in [9.17, 15) is 9.59 Å². The van der Waals surface area contributed by atoms with Crippen molar-refractivity contribution in [1.82, 2.24) is 15.5 Å². The number of amides is 3. The van der Waals surface area contributed by atoms with Gasteiger partial charge in [0.25, 0.3) is 0 Å². The Bertz CT molecular complexity index is 346. The highest BCUT2D eigenvalue weighted by molar-refractivity contribution is 5.88. The van der Waals surface area contributed by atoms with Crippen molar-refractivity contribution in [2.75, 3.05) is 13.6 Å². The minimum absolute atomic E-state index is 0.0187. The van der Waals surface area contributed by atoms with Gasteiger partial charge in [-0.2, -0.15) is 0 Å². The molecular formula is C14H25N3O2. The number of likely N-dealkylation sites (N-methyl/N-ethyl adjacent to an activating group) is 1. The van der Waals surface area contributed by atoms with E-state index in [1.807, 2.05) is 0 Å². The molecule has 0 bridgehead atoms. The number of urea groups is 1. The number of carbonyl (C=O) groups is 2. The fourth-order valence-corrected chi connectivity index (χ4v) is 3.13. The highest BCUT2D eigenvalue weighted by atomic mass is 16.2. The molecule has 3 amide bonds. The lowest BCUT2D eigenvalue weighted by Crippen LogP contribution is -2.49. The molecule has 2 aliphatic rings. The molecule has 19 heavy (non-hydrogen) atoms. The monoisotopic (exact) mass is 267 g/mol. The second-order valence-electron chi connectivity index (χ2n) is 5.86. The number of nitrogens with one attached hydrogen (secondary N) is 2. The molecule has 1 aliphatic carbocycles. The Morgan fingerprint density at radius 3 is 2.74 bits per heavy atom. The van der Waals surface area contributed by atoms with Gasteiger partial charge in [-0.1, -0.05) is 26.2 Å². The third-order valence-corrected chi connectivity index (χ3v) is 4.43. The van der Waals surface area contributed by atoms with Crippen LogP contribution in [0.2, 0.25) is 0 Å². The highest BCUT2D eigenvalue weighted by Crippen LogP contribution is 2.26. The average molecular weight is 267 g/mol. The normalized spacial score (nSPS) is 31.4. The summed E-state index contributed by atoms with van der Waals surface area (Å²) >= 11 is 0. The fourth-order valence-electron chi connectivity index (χ4n) is 3.13. The van der Waals surface area contributed by atoms with Gasteiger partial charge in [0.2, 0.25) is 5.91 Å². The number of carbonyl (C=O) groups excluding carboxylic acids is 2. The second-order valence-corrected chi connectivity index (χ2v) is 5.86. The minimum atomic E-state index is -0.337. The Kier molecular flexibility index (Phi) is 4.66. The van der Waals surface area contributed by atoms with Gasteiger partial charge < -0.3 is 15.5 Å². The summed E-state index contributed by atoms with van der Waals surface area (Å²) in [7, 11) is 1.77. The molecule has 2 fully saturated rings. The predicted molar refractivity (Wildman–Crippen MR) is 73.7 cm³/mol. The average Bonchev–Trinajstić information content (AvgIpc) is 2.71. The smallest absolute Gasteiger partial charge is 0.315 e. The Balaban J connectivity index is 1.76. The van der Waals surface area contributed by atoms with E-state index in [4.69, 9.17) is 0 Å². The fraction of sp³-hybridized carbons (Fsp3) is 0.857. The van der Waals surface area contributed by atoms with Gasteiger partial charge >= 0.3 is 6.03 Å². The third kappa shape index (κ3) is 3.61. The minimum Gasteiger partial charge on any atom is -0.344 e. The first-order valence-electron chi connectivity index (χ1n) is 7.42. The van der Waals surface area contributed by atoms with Crippen molar-refractivity contribution in [3.05, 3.63) is 0 Å². The summed E-state index contributed by atoms with van der Waals surface area (Å²) in [6.45, 7) is 2.94. The van der Waals surface area contributed by atoms with Gasteiger partial charge in [0.1, 0.15) is 6.04 Å². The van der Waals surface area contributed by atoms with Crippen LogP contribution in [0.25, 0.3) is 0 Å². The van der Waals surface area contributed by atoms with Gasteiger partial charge in [-0.05, 0) is 25.2 Å². The number of hydrogen-bond acceptors (Lipinski definition) is 2. The van der Waals surface area contributed by atoms with Crippen LogP contribution < -0.4 is 10.6 Å². The standard InChI is InChI=1S/C14H25N3O2/c1-3-10-5-4-6-11(9-10)15-14(19)16-12-7-8-17(2)13(12)18/h10-12H,3-9H2,1-2H3,(H2,15,16,19)/t10-,11+,12+/m1/s1. The van der Waals surface area contributed by atoms with E-state index in [1.165, 1.54) is 19.3 Å². The van der Waals surface area contributed by atoms with Crippen molar-refractivity contribution in [3.63, 3.8) is 0 Å². The van der Waals surface area contributed by atoms with Crippen LogP contribution in [0.3, 0.4) is 0 Å². The SMILES string of the molecule is CC[C@@H]1CCC[C@H](NC(=O)N[C@H]2CCN(C)C2=O)C1. The van der Waals surface area contributed by atoms with E-state index >= 15 is 0 Å². The van der Waals surface area contributed by atoms with Crippen molar-refractivity contribution >= 4 is 11.9 Å². The Morgan fingerprint density at radius 1 is 1.32 bits per heavy atom. The molecular weight excluding hydrogens is 242 g/mol. The van der Waals surface area contributed by atoms with Crippen LogP contribution in [0, 0.1) is 5.92 Å². The van der Waals surface area contributed by atoms with Crippen molar-refractivity contribution < 1.29 is 9.59 Å². The van der Waals surface area contributed by atoms with E-state index in [-0.39, 0.29) is 24.0 Å². The topological polar surface area (TPSA) is 61.4 Å². The molecule has 5 nitrogen and oxygen atoms in total. The zero-order chi connectivity index (χ0) is 13.8. The van der Waals surface area contributed by atoms with Crippen LogP contribution in [0.15, 0.2) is 0 Å². The Labute approximate surface area is 115 Å². The predicted octanol–water partition coefficient (Wildman–Crippen LogP) is 1.49. The summed E-state index contributed by atoms with van der Waals surface area (Å²) < 4.78 is 0. The zero-order valence-corrected chi connectivity index (χ0v) is 11.9. The first kappa shape index (κ1) is 14.2. The van der Waals surface area contributed by atoms with Gasteiger partial charge in [-0.25, -0.2) is 4.79 Å². The van der Waals surface area contributed by atoms with Crippen LogP contribution in [0.1, 0.15) is 45.4 Å². The van der Waals surface area contributed by atoms with Crippen LogP contribution in [0.5, 0.6) is 0 Å². The van der Waals surface area contributed by atoms with Crippen LogP contribution in [-0.2, 0) is 4.79 Å². The molecule has 1 aliphatic heterocycles. The number of hydrogen-bond donors (Lipinski definition) is 2. The molecule has 2 rings (SSSR count). The lowest BCUT2D eigenvalue weighted by atomic mass is 9.84. The molecule has 0 radical (unpaired) electrons. The molecule has 0 aromatic carbocycles. The summed E-state index contributed by atoms with van der Waals surface area (Å²) in [6.07, 6.45) is 6.50. The van der Waals surface area contributed by atoms with E-state index in [0.29, 0.717) is 6.42 Å². The molecule has 2 N–H and O–H groups in total. The van der Waals surface area contributed by atoms with Gasteiger partial charge in [0.15, 0.2) is 0 Å². The van der Waals surface area contributed by atoms with E-state index in [0.717, 1.165) is 25.3 Å². The molecule has 1 heterocycles. The Morgan fingerprint density at radius 2 is 2.11 bits per heavy atom. The van der Waals surface area contributed by atoms with Gasteiger partial charge in [0.05, 0.1) is 0 Å². The van der Waals surface area contributed by atoms with Crippen LogP contribution in [0.4, 0.5) is 4.79 Å². The maximum Gasteiger partial charge on any atom is 0.315 e. The lowest BCUT2D eigenvalue weighted by molar-refractivity contribution is -0.128. The number of nitrogens with zero attached hydrogens (tertiary/aromatic N) is 1. The first-order valence-corrected chi connectivity index (χ1v) is 7.42. The molecule has 1 saturated heterocycles. The van der Waals surface area contributed by atoms with Crippen molar-refractivity contribution in [1.29, 1.82) is 0 Å². The summed E-state index contributed by atoms with van der Waals surface area (Å²) in [5, 5.41) is 5.82. The first-order chi connectivity index (χ1) is 9.10. The lowest BCUT2D eigenvalue weighted by Gasteiger charge is -2.29. The van der Waals surface area contributed by atoms with Gasteiger partial charge in [0, 0.05) is 19.6 Å². The van der Waals surface area contributed by atoms with Crippen molar-refractivity contribution in [2.45, 2.75) is 57.5 Å². The molecule has 3 atom stereocenters.